The Balaban J connectivity index is 1.99. The molecule has 1 aliphatic carbocycles. The fraction of sp³-hybridized carbons (Fsp3) is 0.357. The highest BCUT2D eigenvalue weighted by Crippen LogP contribution is 2.31. The zero-order chi connectivity index (χ0) is 11.7. The van der Waals surface area contributed by atoms with Gasteiger partial charge in [-0.25, -0.2) is 4.98 Å². The zero-order valence-electron chi connectivity index (χ0n) is 9.73. The summed E-state index contributed by atoms with van der Waals surface area (Å²) in [6, 6.07) is 8.15. The van der Waals surface area contributed by atoms with E-state index in [1.54, 1.807) is 0 Å². The lowest BCUT2D eigenvalue weighted by Gasteiger charge is -2.10. The summed E-state index contributed by atoms with van der Waals surface area (Å²) < 4.78 is 5.79. The number of aromatic nitrogens is 1. The van der Waals surface area contributed by atoms with Crippen LogP contribution in [0.5, 0.6) is 5.88 Å². The molecular formula is C14H16N2O. The fourth-order valence-electron chi connectivity index (χ4n) is 1.98. The lowest BCUT2D eigenvalue weighted by atomic mass is 10.1. The smallest absolute Gasteiger partial charge is 0.221 e. The summed E-state index contributed by atoms with van der Waals surface area (Å²) in [7, 11) is 0. The van der Waals surface area contributed by atoms with Gasteiger partial charge in [-0.2, -0.15) is 0 Å². The molecule has 0 bridgehead atoms. The molecule has 3 rings (SSSR count). The van der Waals surface area contributed by atoms with Gasteiger partial charge >= 0.3 is 0 Å². The first-order valence-corrected chi connectivity index (χ1v) is 6.08. The molecule has 0 radical (unpaired) electrons. The molecule has 3 nitrogen and oxygen atoms in total. The molecule has 1 aromatic carbocycles. The maximum atomic E-state index is 5.79. The van der Waals surface area contributed by atoms with Crippen molar-refractivity contribution in [1.29, 1.82) is 0 Å². The molecule has 1 heterocycles. The van der Waals surface area contributed by atoms with Crippen LogP contribution in [0.25, 0.3) is 10.8 Å². The van der Waals surface area contributed by atoms with Crippen LogP contribution in [0.15, 0.2) is 30.5 Å². The summed E-state index contributed by atoms with van der Waals surface area (Å²) in [5, 5.41) is 2.21. The maximum Gasteiger partial charge on any atom is 0.221 e. The van der Waals surface area contributed by atoms with E-state index < -0.39 is 0 Å². The summed E-state index contributed by atoms with van der Waals surface area (Å²) in [6.07, 6.45) is 4.40. The molecule has 1 saturated carbocycles. The molecule has 3 heteroatoms. The second-order valence-electron chi connectivity index (χ2n) is 4.59. The minimum atomic E-state index is 0.510. The van der Waals surface area contributed by atoms with E-state index in [-0.39, 0.29) is 0 Å². The third kappa shape index (κ3) is 2.11. The van der Waals surface area contributed by atoms with Crippen molar-refractivity contribution < 1.29 is 4.74 Å². The van der Waals surface area contributed by atoms with Crippen LogP contribution in [0.4, 0.5) is 0 Å². The van der Waals surface area contributed by atoms with Crippen LogP contribution in [-0.4, -0.2) is 11.6 Å². The first-order valence-electron chi connectivity index (χ1n) is 6.08. The standard InChI is InChI=1S/C14H16N2O/c15-7-11-8-16-14(17-9-10-5-6-10)13-4-2-1-3-12(11)13/h1-4,8,10H,5-7,9,15H2. The number of fused-ring (bicyclic) bond motifs is 1. The summed E-state index contributed by atoms with van der Waals surface area (Å²) in [5.74, 6) is 1.48. The predicted octanol–water partition coefficient (Wildman–Crippen LogP) is 2.48. The van der Waals surface area contributed by atoms with Gasteiger partial charge in [-0.05, 0) is 35.8 Å². The summed E-state index contributed by atoms with van der Waals surface area (Å²) >= 11 is 0. The zero-order valence-corrected chi connectivity index (χ0v) is 9.73. The van der Waals surface area contributed by atoms with Crippen LogP contribution in [0.1, 0.15) is 18.4 Å². The van der Waals surface area contributed by atoms with Crippen molar-refractivity contribution in [2.75, 3.05) is 6.61 Å². The topological polar surface area (TPSA) is 48.1 Å². The van der Waals surface area contributed by atoms with Gasteiger partial charge in [0.25, 0.3) is 0 Å². The Morgan fingerprint density at radius 3 is 2.71 bits per heavy atom. The van der Waals surface area contributed by atoms with Crippen LogP contribution in [0, 0.1) is 5.92 Å². The van der Waals surface area contributed by atoms with Crippen LogP contribution < -0.4 is 10.5 Å². The van der Waals surface area contributed by atoms with E-state index in [9.17, 15) is 0 Å². The van der Waals surface area contributed by atoms with E-state index in [0.717, 1.165) is 34.7 Å². The van der Waals surface area contributed by atoms with Gasteiger partial charge in [0.15, 0.2) is 0 Å². The number of hydrogen-bond acceptors (Lipinski definition) is 3. The highest BCUT2D eigenvalue weighted by Gasteiger charge is 2.22. The molecule has 1 aliphatic rings. The van der Waals surface area contributed by atoms with Crippen molar-refractivity contribution in [3.05, 3.63) is 36.0 Å². The Morgan fingerprint density at radius 2 is 2.00 bits per heavy atom. The maximum absolute atomic E-state index is 5.79. The lowest BCUT2D eigenvalue weighted by molar-refractivity contribution is 0.292. The minimum Gasteiger partial charge on any atom is -0.477 e. The van der Waals surface area contributed by atoms with Gasteiger partial charge in [-0.1, -0.05) is 18.2 Å². The van der Waals surface area contributed by atoms with Crippen molar-refractivity contribution in [3.8, 4) is 5.88 Å². The number of benzene rings is 1. The van der Waals surface area contributed by atoms with Crippen molar-refractivity contribution >= 4 is 10.8 Å². The molecule has 2 N–H and O–H groups in total. The fourth-order valence-corrected chi connectivity index (χ4v) is 1.98. The van der Waals surface area contributed by atoms with Crippen LogP contribution in [0.3, 0.4) is 0 Å². The van der Waals surface area contributed by atoms with E-state index >= 15 is 0 Å². The summed E-state index contributed by atoms with van der Waals surface area (Å²) in [6.45, 7) is 1.30. The van der Waals surface area contributed by atoms with E-state index in [1.807, 2.05) is 24.4 Å². The van der Waals surface area contributed by atoms with Crippen molar-refractivity contribution in [2.45, 2.75) is 19.4 Å². The quantitative estimate of drug-likeness (QED) is 0.874. The van der Waals surface area contributed by atoms with E-state index in [0.29, 0.717) is 6.54 Å². The van der Waals surface area contributed by atoms with E-state index in [4.69, 9.17) is 10.5 Å². The predicted molar refractivity (Wildman–Crippen MR) is 67.9 cm³/mol. The molecule has 17 heavy (non-hydrogen) atoms. The summed E-state index contributed by atoms with van der Waals surface area (Å²) in [5.41, 5.74) is 6.79. The molecule has 0 unspecified atom stereocenters. The molecule has 1 aromatic heterocycles. The van der Waals surface area contributed by atoms with Crippen molar-refractivity contribution in [3.63, 3.8) is 0 Å². The SMILES string of the molecule is NCc1cnc(OCC2CC2)c2ccccc12. The number of nitrogens with two attached hydrogens (primary N) is 1. The van der Waals surface area contributed by atoms with Crippen molar-refractivity contribution in [1.82, 2.24) is 4.98 Å². The average Bonchev–Trinajstić information content (AvgIpc) is 3.20. The second kappa shape index (κ2) is 4.34. The van der Waals surface area contributed by atoms with Gasteiger partial charge in [0.2, 0.25) is 5.88 Å². The molecule has 2 aromatic rings. The van der Waals surface area contributed by atoms with Crippen LogP contribution in [-0.2, 0) is 6.54 Å². The number of hydrogen-bond donors (Lipinski definition) is 1. The molecule has 0 atom stereocenters. The molecule has 88 valence electrons. The molecule has 1 fully saturated rings. The normalized spacial score (nSPS) is 15.1. The third-order valence-corrected chi connectivity index (χ3v) is 3.21. The van der Waals surface area contributed by atoms with Crippen molar-refractivity contribution in [2.24, 2.45) is 11.7 Å². The number of ether oxygens (including phenoxy) is 1. The van der Waals surface area contributed by atoms with Gasteiger partial charge in [0.1, 0.15) is 0 Å². The first kappa shape index (κ1) is 10.5. The van der Waals surface area contributed by atoms with Crippen LogP contribution in [0.2, 0.25) is 0 Å². The van der Waals surface area contributed by atoms with Gasteiger partial charge in [-0.15, -0.1) is 0 Å². The third-order valence-electron chi connectivity index (χ3n) is 3.21. The number of pyridine rings is 1. The van der Waals surface area contributed by atoms with Gasteiger partial charge in [0, 0.05) is 18.1 Å². The van der Waals surface area contributed by atoms with E-state index in [1.165, 1.54) is 12.8 Å². The number of rotatable bonds is 4. The Morgan fingerprint density at radius 1 is 1.24 bits per heavy atom. The van der Waals surface area contributed by atoms with Gasteiger partial charge < -0.3 is 10.5 Å². The summed E-state index contributed by atoms with van der Waals surface area (Å²) in [4.78, 5) is 4.38. The highest BCUT2D eigenvalue weighted by molar-refractivity contribution is 5.89. The van der Waals surface area contributed by atoms with Crippen LogP contribution >= 0.6 is 0 Å². The highest BCUT2D eigenvalue weighted by atomic mass is 16.5. The minimum absolute atomic E-state index is 0.510. The Bertz CT molecular complexity index is 535. The van der Waals surface area contributed by atoms with Gasteiger partial charge in [0.05, 0.1) is 6.61 Å². The lowest BCUT2D eigenvalue weighted by Crippen LogP contribution is -2.04. The average molecular weight is 228 g/mol. The largest absolute Gasteiger partial charge is 0.477 e. The Labute approximate surface area is 101 Å². The molecule has 0 spiro atoms. The Hall–Kier alpha value is -1.61. The molecule has 0 amide bonds. The first-order chi connectivity index (χ1) is 8.38. The molecule has 0 aliphatic heterocycles. The van der Waals surface area contributed by atoms with Gasteiger partial charge in [-0.3, -0.25) is 0 Å². The second-order valence-corrected chi connectivity index (χ2v) is 4.59. The molecular weight excluding hydrogens is 212 g/mol. The molecule has 0 saturated heterocycles. The monoisotopic (exact) mass is 228 g/mol. The number of nitrogens with zero attached hydrogens (tertiary/aromatic N) is 1. The Kier molecular flexibility index (Phi) is 2.69. The van der Waals surface area contributed by atoms with E-state index in [2.05, 4.69) is 11.1 Å².